The van der Waals surface area contributed by atoms with E-state index in [-0.39, 0.29) is 17.0 Å². The van der Waals surface area contributed by atoms with E-state index >= 15 is 0 Å². The topological polar surface area (TPSA) is 56.1 Å². The van der Waals surface area contributed by atoms with Gasteiger partial charge in [-0.25, -0.2) is 0 Å². The summed E-state index contributed by atoms with van der Waals surface area (Å²) in [7, 11) is 0. The van der Waals surface area contributed by atoms with Crippen LogP contribution in [0.15, 0.2) is 18.2 Å². The second kappa shape index (κ2) is 6.94. The van der Waals surface area contributed by atoms with Crippen molar-refractivity contribution in [3.05, 3.63) is 33.8 Å². The van der Waals surface area contributed by atoms with Crippen molar-refractivity contribution in [3.63, 3.8) is 0 Å². The van der Waals surface area contributed by atoms with Crippen molar-refractivity contribution in [2.24, 2.45) is 0 Å². The van der Waals surface area contributed by atoms with Gasteiger partial charge in [0.15, 0.2) is 0 Å². The largest absolute Gasteiger partial charge is 0.349 e. The van der Waals surface area contributed by atoms with Crippen molar-refractivity contribution in [2.45, 2.75) is 18.9 Å². The Kier molecular flexibility index (Phi) is 5.24. The van der Waals surface area contributed by atoms with Crippen molar-refractivity contribution >= 4 is 29.1 Å². The molecule has 0 bridgehead atoms. The highest BCUT2D eigenvalue weighted by Crippen LogP contribution is 2.25. The smallest absolute Gasteiger partial charge is 0.253 e. The van der Waals surface area contributed by atoms with Gasteiger partial charge in [-0.3, -0.25) is 9.69 Å². The average molecular weight is 312 g/mol. The Morgan fingerprint density at radius 2 is 2.10 bits per heavy atom. The first kappa shape index (κ1) is 15.1. The number of halogens is 2. The van der Waals surface area contributed by atoms with Gasteiger partial charge in [0.2, 0.25) is 0 Å². The van der Waals surface area contributed by atoms with Gasteiger partial charge in [-0.05, 0) is 25.0 Å². The van der Waals surface area contributed by atoms with Crippen LogP contribution in [0.5, 0.6) is 0 Å². The lowest BCUT2D eigenvalue weighted by Crippen LogP contribution is -2.44. The zero-order chi connectivity index (χ0) is 14.5. The first-order valence-electron chi connectivity index (χ1n) is 6.46. The molecule has 1 fully saturated rings. The molecular formula is C14H15Cl2N3O. The molecule has 0 saturated carbocycles. The predicted octanol–water partition coefficient (Wildman–Crippen LogP) is 2.71. The molecule has 0 aromatic heterocycles. The Balaban J connectivity index is 1.93. The van der Waals surface area contributed by atoms with Gasteiger partial charge in [0, 0.05) is 19.1 Å². The van der Waals surface area contributed by atoms with Crippen molar-refractivity contribution in [3.8, 4) is 6.07 Å². The molecule has 2 rings (SSSR count). The molecule has 1 heterocycles. The standard InChI is InChI=1S/C14H15Cl2N3O/c15-12-3-1-2-11(13(12)16)14(20)18-10-4-7-19(8-5-10)9-6-17/h1-3,10H,4-5,7-9H2,(H,18,20). The monoisotopic (exact) mass is 311 g/mol. The minimum Gasteiger partial charge on any atom is -0.349 e. The third-order valence-corrected chi connectivity index (χ3v) is 4.23. The van der Waals surface area contributed by atoms with E-state index in [0.29, 0.717) is 17.1 Å². The number of carbonyl (C=O) groups excluding carboxylic acids is 1. The molecule has 0 unspecified atom stereocenters. The van der Waals surface area contributed by atoms with E-state index in [1.54, 1.807) is 18.2 Å². The molecule has 1 aliphatic rings. The lowest BCUT2D eigenvalue weighted by atomic mass is 10.0. The molecule has 0 radical (unpaired) electrons. The van der Waals surface area contributed by atoms with Gasteiger partial charge in [-0.2, -0.15) is 5.26 Å². The highest BCUT2D eigenvalue weighted by molar-refractivity contribution is 6.43. The molecule has 6 heteroatoms. The lowest BCUT2D eigenvalue weighted by Gasteiger charge is -2.30. The van der Waals surface area contributed by atoms with E-state index < -0.39 is 0 Å². The van der Waals surface area contributed by atoms with Crippen molar-refractivity contribution in [1.82, 2.24) is 10.2 Å². The van der Waals surface area contributed by atoms with Crippen LogP contribution in [-0.2, 0) is 0 Å². The zero-order valence-corrected chi connectivity index (χ0v) is 12.4. The van der Waals surface area contributed by atoms with E-state index in [1.165, 1.54) is 0 Å². The van der Waals surface area contributed by atoms with Crippen LogP contribution in [0, 0.1) is 11.3 Å². The molecule has 1 N–H and O–H groups in total. The number of rotatable bonds is 3. The Bertz CT molecular complexity index is 534. The predicted molar refractivity (Wildman–Crippen MR) is 79.0 cm³/mol. The molecule has 0 atom stereocenters. The zero-order valence-electron chi connectivity index (χ0n) is 10.9. The molecular weight excluding hydrogens is 297 g/mol. The molecule has 106 valence electrons. The van der Waals surface area contributed by atoms with Crippen molar-refractivity contribution in [2.75, 3.05) is 19.6 Å². The third-order valence-electron chi connectivity index (χ3n) is 3.41. The maximum atomic E-state index is 12.2. The first-order valence-corrected chi connectivity index (χ1v) is 7.21. The van der Waals surface area contributed by atoms with Crippen molar-refractivity contribution in [1.29, 1.82) is 5.26 Å². The summed E-state index contributed by atoms with van der Waals surface area (Å²) >= 11 is 11.9. The van der Waals surface area contributed by atoms with Gasteiger partial charge >= 0.3 is 0 Å². The summed E-state index contributed by atoms with van der Waals surface area (Å²) in [5, 5.41) is 12.3. The highest BCUT2D eigenvalue weighted by atomic mass is 35.5. The van der Waals surface area contributed by atoms with Crippen LogP contribution in [0.25, 0.3) is 0 Å². The van der Waals surface area contributed by atoms with Crippen LogP contribution in [0.2, 0.25) is 10.0 Å². The lowest BCUT2D eigenvalue weighted by molar-refractivity contribution is 0.0914. The average Bonchev–Trinajstić information content (AvgIpc) is 2.44. The summed E-state index contributed by atoms with van der Waals surface area (Å²) in [4.78, 5) is 14.3. The number of nitrogens with zero attached hydrogens (tertiary/aromatic N) is 2. The van der Waals surface area contributed by atoms with Gasteiger partial charge in [-0.15, -0.1) is 0 Å². The Morgan fingerprint density at radius 1 is 1.40 bits per heavy atom. The van der Waals surface area contributed by atoms with Gasteiger partial charge in [0.25, 0.3) is 5.91 Å². The molecule has 20 heavy (non-hydrogen) atoms. The number of carbonyl (C=O) groups is 1. The molecule has 1 aromatic carbocycles. The van der Waals surface area contributed by atoms with E-state index in [4.69, 9.17) is 28.5 Å². The van der Waals surface area contributed by atoms with E-state index in [0.717, 1.165) is 25.9 Å². The number of nitriles is 1. The van der Waals surface area contributed by atoms with Gasteiger partial charge in [-0.1, -0.05) is 29.3 Å². The van der Waals surface area contributed by atoms with Crippen LogP contribution >= 0.6 is 23.2 Å². The van der Waals surface area contributed by atoms with Crippen LogP contribution < -0.4 is 5.32 Å². The summed E-state index contributed by atoms with van der Waals surface area (Å²) in [5.74, 6) is -0.198. The molecule has 1 saturated heterocycles. The van der Waals surface area contributed by atoms with E-state index in [9.17, 15) is 4.79 Å². The molecule has 1 aliphatic heterocycles. The number of benzene rings is 1. The number of piperidine rings is 1. The van der Waals surface area contributed by atoms with Crippen LogP contribution in [0.4, 0.5) is 0 Å². The van der Waals surface area contributed by atoms with Gasteiger partial charge < -0.3 is 5.32 Å². The highest BCUT2D eigenvalue weighted by Gasteiger charge is 2.22. The summed E-state index contributed by atoms with van der Waals surface area (Å²) < 4.78 is 0. The summed E-state index contributed by atoms with van der Waals surface area (Å²) in [6.07, 6.45) is 1.68. The van der Waals surface area contributed by atoms with Crippen LogP contribution in [0.1, 0.15) is 23.2 Å². The van der Waals surface area contributed by atoms with Crippen molar-refractivity contribution < 1.29 is 4.79 Å². The second-order valence-corrected chi connectivity index (χ2v) is 5.57. The molecule has 1 amide bonds. The number of likely N-dealkylation sites (tertiary alicyclic amines) is 1. The number of amides is 1. The van der Waals surface area contributed by atoms with E-state index in [2.05, 4.69) is 16.3 Å². The van der Waals surface area contributed by atoms with Crippen LogP contribution in [0.3, 0.4) is 0 Å². The third kappa shape index (κ3) is 3.63. The minimum absolute atomic E-state index is 0.118. The van der Waals surface area contributed by atoms with Gasteiger partial charge in [0.1, 0.15) is 0 Å². The second-order valence-electron chi connectivity index (χ2n) is 4.78. The maximum Gasteiger partial charge on any atom is 0.253 e. The minimum atomic E-state index is -0.198. The molecule has 0 aliphatic carbocycles. The Hall–Kier alpha value is -1.28. The van der Waals surface area contributed by atoms with E-state index in [1.807, 2.05) is 0 Å². The summed E-state index contributed by atoms with van der Waals surface area (Å²) in [6.45, 7) is 2.09. The maximum absolute atomic E-state index is 12.2. The number of hydrogen-bond donors (Lipinski definition) is 1. The SMILES string of the molecule is N#CCN1CCC(NC(=O)c2cccc(Cl)c2Cl)CC1. The fourth-order valence-corrected chi connectivity index (χ4v) is 2.66. The summed E-state index contributed by atoms with van der Waals surface area (Å²) in [5.41, 5.74) is 0.402. The number of hydrogen-bond acceptors (Lipinski definition) is 3. The first-order chi connectivity index (χ1) is 9.61. The molecule has 0 spiro atoms. The Morgan fingerprint density at radius 3 is 2.75 bits per heavy atom. The number of nitrogens with one attached hydrogen (secondary N) is 1. The van der Waals surface area contributed by atoms with Crippen LogP contribution in [-0.4, -0.2) is 36.5 Å². The fourth-order valence-electron chi connectivity index (χ4n) is 2.28. The Labute approximate surface area is 128 Å². The normalized spacial score (nSPS) is 16.6. The quantitative estimate of drug-likeness (QED) is 0.873. The molecule has 4 nitrogen and oxygen atoms in total. The summed E-state index contributed by atoms with van der Waals surface area (Å²) in [6, 6.07) is 7.28. The molecule has 1 aromatic rings. The van der Waals surface area contributed by atoms with Gasteiger partial charge in [0.05, 0.1) is 28.2 Å². The fraction of sp³-hybridized carbons (Fsp3) is 0.429.